The van der Waals surface area contributed by atoms with E-state index in [1.807, 2.05) is 11.4 Å². The Morgan fingerprint density at radius 2 is 2.05 bits per heavy atom. The lowest BCUT2D eigenvalue weighted by Gasteiger charge is -2.20. The summed E-state index contributed by atoms with van der Waals surface area (Å²) in [5, 5.41) is 2.37. The van der Waals surface area contributed by atoms with Crippen LogP contribution in [0.4, 0.5) is 0 Å². The van der Waals surface area contributed by atoms with E-state index in [1.54, 1.807) is 7.11 Å². The zero-order valence-electron chi connectivity index (χ0n) is 11.6. The highest BCUT2D eigenvalue weighted by Crippen LogP contribution is 2.34. The number of hydrogen-bond acceptors (Lipinski definition) is 4. The summed E-state index contributed by atoms with van der Waals surface area (Å²) in [5.41, 5.74) is 2.99. The van der Waals surface area contributed by atoms with Gasteiger partial charge in [-0.2, -0.15) is 0 Å². The predicted octanol–water partition coefficient (Wildman–Crippen LogP) is 3.93. The molecule has 0 atom stereocenters. The third-order valence-corrected chi connectivity index (χ3v) is 3.73. The minimum absolute atomic E-state index is 0.0601. The van der Waals surface area contributed by atoms with E-state index in [9.17, 15) is 4.79 Å². The van der Waals surface area contributed by atoms with E-state index in [0.29, 0.717) is 5.01 Å². The van der Waals surface area contributed by atoms with Crippen LogP contribution >= 0.6 is 11.3 Å². The number of rotatable bonds is 3. The van der Waals surface area contributed by atoms with Crippen LogP contribution in [0.5, 0.6) is 5.75 Å². The standard InChI is InChI=1S/C15H17NO2S/c1-15(2,3)10-5-6-13(18-4)11(7-10)12-9-19-14(8-17)16-12/h5-9H,1-4H3. The normalized spacial score (nSPS) is 11.4. The largest absolute Gasteiger partial charge is 0.496 e. The Morgan fingerprint density at radius 3 is 2.58 bits per heavy atom. The van der Waals surface area contributed by atoms with Crippen molar-refractivity contribution in [1.82, 2.24) is 4.98 Å². The van der Waals surface area contributed by atoms with Gasteiger partial charge in [-0.25, -0.2) is 4.98 Å². The van der Waals surface area contributed by atoms with Crippen LogP contribution in [0.3, 0.4) is 0 Å². The van der Waals surface area contributed by atoms with Gasteiger partial charge in [0.25, 0.3) is 0 Å². The van der Waals surface area contributed by atoms with Crippen LogP contribution in [0.15, 0.2) is 23.6 Å². The second-order valence-electron chi connectivity index (χ2n) is 5.35. The first-order valence-corrected chi connectivity index (χ1v) is 6.93. The van der Waals surface area contributed by atoms with Crippen molar-refractivity contribution in [1.29, 1.82) is 0 Å². The van der Waals surface area contributed by atoms with Crippen LogP contribution < -0.4 is 4.74 Å². The topological polar surface area (TPSA) is 39.2 Å². The molecule has 2 aromatic rings. The van der Waals surface area contributed by atoms with Crippen LogP contribution in [0.25, 0.3) is 11.3 Å². The van der Waals surface area contributed by atoms with Crippen molar-refractivity contribution in [3.8, 4) is 17.0 Å². The molecule has 0 saturated carbocycles. The maximum Gasteiger partial charge on any atom is 0.178 e. The number of nitrogens with zero attached hydrogens (tertiary/aromatic N) is 1. The van der Waals surface area contributed by atoms with Gasteiger partial charge in [0.2, 0.25) is 0 Å². The average molecular weight is 275 g/mol. The molecule has 1 heterocycles. The number of carbonyl (C=O) groups is 1. The molecule has 1 aromatic heterocycles. The molecule has 3 nitrogen and oxygen atoms in total. The molecule has 0 aliphatic rings. The van der Waals surface area contributed by atoms with Gasteiger partial charge in [0.05, 0.1) is 12.8 Å². The minimum atomic E-state index is 0.0601. The van der Waals surface area contributed by atoms with Crippen molar-refractivity contribution in [2.45, 2.75) is 26.2 Å². The van der Waals surface area contributed by atoms with Crippen molar-refractivity contribution >= 4 is 17.6 Å². The summed E-state index contributed by atoms with van der Waals surface area (Å²) in [6.45, 7) is 6.49. The van der Waals surface area contributed by atoms with Crippen molar-refractivity contribution in [3.05, 3.63) is 34.2 Å². The Hall–Kier alpha value is -1.68. The number of ether oxygens (including phenoxy) is 1. The van der Waals surface area contributed by atoms with Crippen molar-refractivity contribution < 1.29 is 9.53 Å². The summed E-state index contributed by atoms with van der Waals surface area (Å²) in [6, 6.07) is 6.10. The Kier molecular flexibility index (Phi) is 3.71. The quantitative estimate of drug-likeness (QED) is 0.797. The number of hydrogen-bond donors (Lipinski definition) is 0. The van der Waals surface area contributed by atoms with Crippen LogP contribution in [-0.4, -0.2) is 18.4 Å². The third-order valence-electron chi connectivity index (χ3n) is 2.96. The maximum absolute atomic E-state index is 10.7. The highest BCUT2D eigenvalue weighted by molar-refractivity contribution is 7.11. The van der Waals surface area contributed by atoms with Crippen LogP contribution in [-0.2, 0) is 5.41 Å². The van der Waals surface area contributed by atoms with E-state index in [4.69, 9.17) is 4.74 Å². The first kappa shape index (κ1) is 13.7. The highest BCUT2D eigenvalue weighted by atomic mass is 32.1. The van der Waals surface area contributed by atoms with Gasteiger partial charge in [0, 0.05) is 10.9 Å². The molecule has 2 rings (SSSR count). The molecular weight excluding hydrogens is 258 g/mol. The summed E-state index contributed by atoms with van der Waals surface area (Å²) < 4.78 is 5.39. The molecule has 0 bridgehead atoms. The molecule has 0 unspecified atom stereocenters. The molecule has 0 fully saturated rings. The monoisotopic (exact) mass is 275 g/mol. The fourth-order valence-corrected chi connectivity index (χ4v) is 2.46. The van der Waals surface area contributed by atoms with Gasteiger partial charge in [-0.1, -0.05) is 26.8 Å². The summed E-state index contributed by atoms with van der Waals surface area (Å²) in [4.78, 5) is 15.0. The van der Waals surface area contributed by atoms with Crippen molar-refractivity contribution in [3.63, 3.8) is 0 Å². The van der Waals surface area contributed by atoms with Crippen molar-refractivity contribution in [2.75, 3.05) is 7.11 Å². The maximum atomic E-state index is 10.7. The first-order chi connectivity index (χ1) is 8.95. The van der Waals surface area contributed by atoms with Crippen LogP contribution in [0, 0.1) is 0 Å². The highest BCUT2D eigenvalue weighted by Gasteiger charge is 2.17. The van der Waals surface area contributed by atoms with E-state index >= 15 is 0 Å². The minimum Gasteiger partial charge on any atom is -0.496 e. The summed E-state index contributed by atoms with van der Waals surface area (Å²) in [6.07, 6.45) is 0.772. The van der Waals surface area contributed by atoms with E-state index < -0.39 is 0 Å². The molecule has 0 amide bonds. The second-order valence-corrected chi connectivity index (χ2v) is 6.24. The van der Waals surface area contributed by atoms with Gasteiger partial charge in [-0.05, 0) is 23.1 Å². The zero-order chi connectivity index (χ0) is 14.0. The summed E-state index contributed by atoms with van der Waals surface area (Å²) in [5.74, 6) is 0.774. The van der Waals surface area contributed by atoms with Crippen LogP contribution in [0.2, 0.25) is 0 Å². The SMILES string of the molecule is COc1ccc(C(C)(C)C)cc1-c1csc(C=O)n1. The van der Waals surface area contributed by atoms with Gasteiger partial charge in [0.1, 0.15) is 5.75 Å². The fourth-order valence-electron chi connectivity index (χ4n) is 1.84. The molecule has 0 N–H and O–H groups in total. The van der Waals surface area contributed by atoms with E-state index in [1.165, 1.54) is 16.9 Å². The number of benzene rings is 1. The van der Waals surface area contributed by atoms with E-state index in [-0.39, 0.29) is 5.41 Å². The first-order valence-electron chi connectivity index (χ1n) is 6.05. The van der Waals surface area contributed by atoms with Gasteiger partial charge in [-0.3, -0.25) is 4.79 Å². The third kappa shape index (κ3) is 2.84. The Morgan fingerprint density at radius 1 is 1.32 bits per heavy atom. The Balaban J connectivity index is 2.56. The van der Waals surface area contributed by atoms with E-state index in [2.05, 4.69) is 37.9 Å². The number of aromatic nitrogens is 1. The fraction of sp³-hybridized carbons (Fsp3) is 0.333. The molecule has 0 aliphatic heterocycles. The van der Waals surface area contributed by atoms with Gasteiger partial charge < -0.3 is 4.74 Å². The Bertz CT molecular complexity index is 596. The lowest BCUT2D eigenvalue weighted by atomic mass is 9.86. The molecular formula is C15H17NO2S. The molecule has 0 saturated heterocycles. The number of aldehydes is 1. The molecule has 1 aromatic carbocycles. The number of methoxy groups -OCH3 is 1. The average Bonchev–Trinajstić information content (AvgIpc) is 2.85. The predicted molar refractivity (Wildman–Crippen MR) is 78.2 cm³/mol. The van der Waals surface area contributed by atoms with Crippen molar-refractivity contribution in [2.24, 2.45) is 0 Å². The molecule has 0 aliphatic carbocycles. The number of thiazole rings is 1. The summed E-state index contributed by atoms with van der Waals surface area (Å²) >= 11 is 1.34. The smallest absolute Gasteiger partial charge is 0.178 e. The summed E-state index contributed by atoms with van der Waals surface area (Å²) in [7, 11) is 1.64. The van der Waals surface area contributed by atoms with Gasteiger partial charge in [0.15, 0.2) is 11.3 Å². The Labute approximate surface area is 117 Å². The molecule has 0 spiro atoms. The zero-order valence-corrected chi connectivity index (χ0v) is 12.4. The van der Waals surface area contributed by atoms with Gasteiger partial charge >= 0.3 is 0 Å². The second kappa shape index (κ2) is 5.13. The number of carbonyl (C=O) groups excluding carboxylic acids is 1. The molecule has 100 valence electrons. The molecule has 4 heteroatoms. The lowest BCUT2D eigenvalue weighted by Crippen LogP contribution is -2.11. The van der Waals surface area contributed by atoms with Crippen LogP contribution in [0.1, 0.15) is 36.1 Å². The van der Waals surface area contributed by atoms with E-state index in [0.717, 1.165) is 23.3 Å². The van der Waals surface area contributed by atoms with Gasteiger partial charge in [-0.15, -0.1) is 11.3 Å². The molecule has 19 heavy (non-hydrogen) atoms. The lowest BCUT2D eigenvalue weighted by molar-refractivity contribution is 0.112. The molecule has 0 radical (unpaired) electrons.